The van der Waals surface area contributed by atoms with Crippen molar-refractivity contribution in [3.05, 3.63) is 71.8 Å². The molecule has 0 aliphatic rings. The molecule has 0 spiro atoms. The molecule has 3 rings (SSSR count). The second-order valence-corrected chi connectivity index (χ2v) is 4.84. The van der Waals surface area contributed by atoms with E-state index >= 15 is 0 Å². The zero-order chi connectivity index (χ0) is 13.9. The van der Waals surface area contributed by atoms with Crippen LogP contribution < -0.4 is 11.3 Å². The second kappa shape index (κ2) is 5.36. The van der Waals surface area contributed by atoms with E-state index in [2.05, 4.69) is 33.6 Å². The van der Waals surface area contributed by atoms with Crippen LogP contribution in [0.3, 0.4) is 0 Å². The van der Waals surface area contributed by atoms with Crippen molar-refractivity contribution in [3.63, 3.8) is 0 Å². The van der Waals surface area contributed by atoms with Crippen molar-refractivity contribution in [2.75, 3.05) is 0 Å². The summed E-state index contributed by atoms with van der Waals surface area (Å²) in [5, 5.41) is 2.25. The van der Waals surface area contributed by atoms with Gasteiger partial charge in [-0.3, -0.25) is 15.8 Å². The molecule has 0 aliphatic carbocycles. The molecular weight excluding hydrogens is 248 g/mol. The molecule has 3 aromatic rings. The largest absolute Gasteiger partial charge is 0.271 e. The highest BCUT2D eigenvalue weighted by Gasteiger charge is 2.15. The van der Waals surface area contributed by atoms with Gasteiger partial charge < -0.3 is 0 Å². The Morgan fingerprint density at radius 1 is 1.10 bits per heavy atom. The van der Waals surface area contributed by atoms with Crippen LogP contribution >= 0.6 is 0 Å². The highest BCUT2D eigenvalue weighted by atomic mass is 15.2. The molecule has 3 N–H and O–H groups in total. The van der Waals surface area contributed by atoms with Gasteiger partial charge in [-0.05, 0) is 35.1 Å². The average Bonchev–Trinajstić information content (AvgIpc) is 2.48. The first-order valence-electron chi connectivity index (χ1n) is 6.50. The van der Waals surface area contributed by atoms with Crippen molar-refractivity contribution in [1.82, 2.24) is 15.4 Å². The van der Waals surface area contributed by atoms with Crippen LogP contribution in [-0.4, -0.2) is 9.97 Å². The lowest BCUT2D eigenvalue weighted by molar-refractivity contribution is 0.638. The third kappa shape index (κ3) is 2.27. The van der Waals surface area contributed by atoms with Gasteiger partial charge in [-0.2, -0.15) is 0 Å². The number of hydrogen-bond acceptors (Lipinski definition) is 4. The summed E-state index contributed by atoms with van der Waals surface area (Å²) in [5.74, 6) is 5.78. The first-order valence-corrected chi connectivity index (χ1v) is 6.50. The summed E-state index contributed by atoms with van der Waals surface area (Å²) in [6, 6.07) is 10.2. The molecule has 0 saturated heterocycles. The van der Waals surface area contributed by atoms with Gasteiger partial charge >= 0.3 is 0 Å². The van der Waals surface area contributed by atoms with Crippen molar-refractivity contribution >= 4 is 10.8 Å². The van der Waals surface area contributed by atoms with Crippen LogP contribution in [0.5, 0.6) is 0 Å². The molecular formula is C16H16N4. The molecule has 100 valence electrons. The molecule has 2 heterocycles. The molecule has 1 unspecified atom stereocenters. The number of pyridine rings is 2. The molecule has 1 atom stereocenters. The Morgan fingerprint density at radius 2 is 2.00 bits per heavy atom. The fraction of sp³-hybridized carbons (Fsp3) is 0.125. The fourth-order valence-corrected chi connectivity index (χ4v) is 2.49. The quantitative estimate of drug-likeness (QED) is 0.563. The van der Waals surface area contributed by atoms with Crippen molar-refractivity contribution < 1.29 is 0 Å². The molecule has 2 aromatic heterocycles. The molecule has 20 heavy (non-hydrogen) atoms. The summed E-state index contributed by atoms with van der Waals surface area (Å²) < 4.78 is 0. The van der Waals surface area contributed by atoms with E-state index in [0.717, 1.165) is 27.5 Å². The maximum atomic E-state index is 5.78. The summed E-state index contributed by atoms with van der Waals surface area (Å²) in [5.41, 5.74) is 6.15. The van der Waals surface area contributed by atoms with E-state index in [0.29, 0.717) is 0 Å². The molecule has 0 saturated carbocycles. The van der Waals surface area contributed by atoms with E-state index in [1.54, 1.807) is 6.20 Å². The summed E-state index contributed by atoms with van der Waals surface area (Å²) in [4.78, 5) is 8.46. The van der Waals surface area contributed by atoms with Crippen LogP contribution in [0, 0.1) is 6.92 Å². The number of hydrazine groups is 1. The summed E-state index contributed by atoms with van der Waals surface area (Å²) in [6.45, 7) is 2.02. The molecule has 0 radical (unpaired) electrons. The van der Waals surface area contributed by atoms with Crippen LogP contribution in [0.15, 0.2) is 55.1 Å². The number of benzene rings is 1. The minimum absolute atomic E-state index is 0.102. The number of rotatable bonds is 3. The molecule has 0 bridgehead atoms. The van der Waals surface area contributed by atoms with E-state index in [4.69, 9.17) is 5.84 Å². The van der Waals surface area contributed by atoms with Crippen molar-refractivity contribution in [2.45, 2.75) is 13.0 Å². The van der Waals surface area contributed by atoms with E-state index in [-0.39, 0.29) is 6.04 Å². The maximum Gasteiger partial charge on any atom is 0.0731 e. The number of nitrogens with two attached hydrogens (primary N) is 1. The van der Waals surface area contributed by atoms with Gasteiger partial charge in [0.25, 0.3) is 0 Å². The van der Waals surface area contributed by atoms with E-state index in [1.807, 2.05) is 37.6 Å². The Hall–Kier alpha value is -2.30. The van der Waals surface area contributed by atoms with Gasteiger partial charge in [-0.15, -0.1) is 0 Å². The highest BCUT2D eigenvalue weighted by molar-refractivity contribution is 5.85. The van der Waals surface area contributed by atoms with Gasteiger partial charge in [0.15, 0.2) is 0 Å². The van der Waals surface area contributed by atoms with Crippen LogP contribution in [-0.2, 0) is 0 Å². The zero-order valence-electron chi connectivity index (χ0n) is 11.2. The van der Waals surface area contributed by atoms with Gasteiger partial charge in [0.1, 0.15) is 0 Å². The van der Waals surface area contributed by atoms with Crippen LogP contribution in [0.25, 0.3) is 10.8 Å². The SMILES string of the molecule is Cc1cncc(C(NN)c2cccc3ccncc23)c1. The van der Waals surface area contributed by atoms with Crippen molar-refractivity contribution in [1.29, 1.82) is 0 Å². The number of fused-ring (bicyclic) bond motifs is 1. The number of hydrogen-bond donors (Lipinski definition) is 2. The fourth-order valence-electron chi connectivity index (χ4n) is 2.49. The Labute approximate surface area is 117 Å². The predicted molar refractivity (Wildman–Crippen MR) is 79.9 cm³/mol. The topological polar surface area (TPSA) is 63.8 Å². The van der Waals surface area contributed by atoms with Crippen LogP contribution in [0.1, 0.15) is 22.7 Å². The second-order valence-electron chi connectivity index (χ2n) is 4.84. The van der Waals surface area contributed by atoms with Crippen LogP contribution in [0.4, 0.5) is 0 Å². The third-order valence-corrected chi connectivity index (χ3v) is 3.42. The number of nitrogens with one attached hydrogen (secondary N) is 1. The lowest BCUT2D eigenvalue weighted by Gasteiger charge is -2.18. The summed E-state index contributed by atoms with van der Waals surface area (Å²) in [6.07, 6.45) is 7.35. The van der Waals surface area contributed by atoms with Gasteiger partial charge in [-0.1, -0.05) is 24.3 Å². The lowest BCUT2D eigenvalue weighted by Crippen LogP contribution is -2.29. The van der Waals surface area contributed by atoms with Gasteiger partial charge in [0.2, 0.25) is 0 Å². The van der Waals surface area contributed by atoms with Crippen molar-refractivity contribution in [2.24, 2.45) is 5.84 Å². The molecule has 1 aromatic carbocycles. The maximum absolute atomic E-state index is 5.78. The van der Waals surface area contributed by atoms with E-state index < -0.39 is 0 Å². The minimum Gasteiger partial charge on any atom is -0.271 e. The minimum atomic E-state index is -0.102. The predicted octanol–water partition coefficient (Wildman–Crippen LogP) is 2.49. The van der Waals surface area contributed by atoms with E-state index in [9.17, 15) is 0 Å². The van der Waals surface area contributed by atoms with E-state index in [1.165, 1.54) is 0 Å². The first kappa shape index (κ1) is 12.7. The Morgan fingerprint density at radius 3 is 2.80 bits per heavy atom. The molecule has 4 nitrogen and oxygen atoms in total. The molecule has 0 aliphatic heterocycles. The Kier molecular flexibility index (Phi) is 3.41. The summed E-state index contributed by atoms with van der Waals surface area (Å²) >= 11 is 0. The molecule has 0 fully saturated rings. The zero-order valence-corrected chi connectivity index (χ0v) is 11.2. The Balaban J connectivity index is 2.17. The van der Waals surface area contributed by atoms with Gasteiger partial charge in [0.05, 0.1) is 6.04 Å². The average molecular weight is 264 g/mol. The first-order chi connectivity index (χ1) is 9.79. The Bertz CT molecular complexity index is 734. The highest BCUT2D eigenvalue weighted by Crippen LogP contribution is 2.27. The van der Waals surface area contributed by atoms with Crippen LogP contribution in [0.2, 0.25) is 0 Å². The number of aryl methyl sites for hydroxylation is 1. The van der Waals surface area contributed by atoms with Crippen molar-refractivity contribution in [3.8, 4) is 0 Å². The molecule has 0 amide bonds. The lowest BCUT2D eigenvalue weighted by atomic mass is 9.95. The summed E-state index contributed by atoms with van der Waals surface area (Å²) in [7, 11) is 0. The smallest absolute Gasteiger partial charge is 0.0731 e. The van der Waals surface area contributed by atoms with Gasteiger partial charge in [0, 0.05) is 30.2 Å². The number of aromatic nitrogens is 2. The monoisotopic (exact) mass is 264 g/mol. The molecule has 4 heteroatoms. The standard InChI is InChI=1S/C16H16N4/c1-11-7-13(9-19-8-11)16(20-17)14-4-2-3-12-5-6-18-10-15(12)14/h2-10,16,20H,17H2,1H3. The number of nitrogens with zero attached hydrogens (tertiary/aromatic N) is 2. The van der Waals surface area contributed by atoms with Gasteiger partial charge in [-0.25, -0.2) is 5.43 Å². The third-order valence-electron chi connectivity index (χ3n) is 3.42. The normalized spacial score (nSPS) is 12.5.